The van der Waals surface area contributed by atoms with E-state index in [0.717, 1.165) is 0 Å². The predicted octanol–water partition coefficient (Wildman–Crippen LogP) is 1.58. The Balaban J connectivity index is 2.18. The van der Waals surface area contributed by atoms with Gasteiger partial charge in [-0.1, -0.05) is 34.6 Å². The lowest BCUT2D eigenvalue weighted by molar-refractivity contribution is -0.326. The molecule has 6 N–H and O–H groups in total. The van der Waals surface area contributed by atoms with E-state index in [4.69, 9.17) is 28.4 Å². The zero-order chi connectivity index (χ0) is 39.0. The Morgan fingerprint density at radius 2 is 1.47 bits per heavy atom. The highest BCUT2D eigenvalue weighted by molar-refractivity contribution is 5.83. The first-order valence-corrected chi connectivity index (χ1v) is 18.6. The molecule has 51 heavy (non-hydrogen) atoms. The van der Waals surface area contributed by atoms with E-state index in [9.17, 15) is 35.4 Å². The Labute approximate surface area is 304 Å². The number of carbonyl (C=O) groups is 1. The summed E-state index contributed by atoms with van der Waals surface area (Å²) in [5, 5.41) is 69.4. The van der Waals surface area contributed by atoms with Crippen LogP contribution < -0.4 is 0 Å². The molecule has 3 rings (SSSR count). The number of ketones is 1. The minimum Gasteiger partial charge on any atom is -0.389 e. The smallest absolute Gasteiger partial charge is 0.185 e. The standard InChI is InChI=1S/C37H69NO13/c1-14-25-37(10,45)30(41)20(4)27(39)18(2)16-35(8,44)32(51-34-28(40)24(38(11)12)15-19(3)47-34)21(5)29(22(6)33(43)49-25)50-26-17-36(9,46-13)31(42)23(7)48-26/h18-26,28-34,40-45H,14-17H2,1-13H3. The van der Waals surface area contributed by atoms with Crippen molar-refractivity contribution in [3.8, 4) is 0 Å². The van der Waals surface area contributed by atoms with Crippen LogP contribution in [-0.2, 0) is 33.2 Å². The molecule has 19 atom stereocenters. The van der Waals surface area contributed by atoms with Crippen LogP contribution in [0.25, 0.3) is 0 Å². The molecular weight excluding hydrogens is 666 g/mol. The summed E-state index contributed by atoms with van der Waals surface area (Å²) in [6.07, 6.45) is -10.7. The number of hydrogen-bond acceptors (Lipinski definition) is 14. The fraction of sp³-hybridized carbons (Fsp3) is 0.973. The Morgan fingerprint density at radius 1 is 0.863 bits per heavy atom. The van der Waals surface area contributed by atoms with Gasteiger partial charge in [0.05, 0.1) is 47.8 Å². The second-order valence-electron chi connectivity index (χ2n) is 16.6. The van der Waals surface area contributed by atoms with Gasteiger partial charge in [-0.15, -0.1) is 0 Å². The Hall–Kier alpha value is -0.850. The molecule has 300 valence electrons. The number of aliphatic hydroxyl groups is 6. The van der Waals surface area contributed by atoms with Crippen LogP contribution in [-0.4, -0.2) is 153 Å². The fourth-order valence-electron chi connectivity index (χ4n) is 8.54. The van der Waals surface area contributed by atoms with Crippen LogP contribution in [0.1, 0.15) is 94.9 Å². The molecule has 0 aromatic carbocycles. The van der Waals surface area contributed by atoms with Crippen LogP contribution in [0.15, 0.2) is 0 Å². The van der Waals surface area contributed by atoms with Gasteiger partial charge in [0.2, 0.25) is 0 Å². The van der Waals surface area contributed by atoms with Crippen molar-refractivity contribution in [1.82, 2.24) is 4.90 Å². The first-order valence-electron chi connectivity index (χ1n) is 18.6. The first kappa shape index (κ1) is 44.5. The molecule has 3 fully saturated rings. The van der Waals surface area contributed by atoms with Gasteiger partial charge in [-0.2, -0.15) is 0 Å². The van der Waals surface area contributed by atoms with Crippen LogP contribution in [0.3, 0.4) is 0 Å². The van der Waals surface area contributed by atoms with E-state index in [1.165, 1.54) is 21.0 Å². The lowest BCUT2D eigenvalue weighted by Gasteiger charge is -2.49. The summed E-state index contributed by atoms with van der Waals surface area (Å²) in [5.41, 5.74) is -4.73. The van der Waals surface area contributed by atoms with Gasteiger partial charge in [0.25, 0.3) is 0 Å². The van der Waals surface area contributed by atoms with Crippen molar-refractivity contribution in [3.63, 3.8) is 0 Å². The molecule has 0 saturated carbocycles. The van der Waals surface area contributed by atoms with Gasteiger partial charge in [0, 0.05) is 43.2 Å². The second-order valence-corrected chi connectivity index (χ2v) is 16.6. The van der Waals surface area contributed by atoms with Gasteiger partial charge < -0.3 is 64.0 Å². The molecule has 0 aromatic heterocycles. The minimum absolute atomic E-state index is 0.113. The van der Waals surface area contributed by atoms with E-state index in [0.29, 0.717) is 6.42 Å². The molecule has 0 radical (unpaired) electrons. The van der Waals surface area contributed by atoms with Crippen LogP contribution >= 0.6 is 0 Å². The van der Waals surface area contributed by atoms with E-state index >= 15 is 0 Å². The SMILES string of the molecule is CCC1OC(O)C(C)C(OC2CC(C)(OC)C(O)C(C)O2)C(C)C(OC2OC(C)CC(N(C)C)C2O)C(C)(O)CC(C)C(=O)C(C)C(O)C1(C)O. The van der Waals surface area contributed by atoms with Crippen molar-refractivity contribution in [2.75, 3.05) is 21.2 Å². The summed E-state index contributed by atoms with van der Waals surface area (Å²) < 4.78 is 37.4. The summed E-state index contributed by atoms with van der Waals surface area (Å²) in [5.74, 6) is -3.89. The summed E-state index contributed by atoms with van der Waals surface area (Å²) in [7, 11) is 5.21. The quantitative estimate of drug-likeness (QED) is 0.220. The molecule has 3 saturated heterocycles. The number of carbonyl (C=O) groups excluding carboxylic acids is 1. The number of Topliss-reactive ketones (excluding diaryl/α,β-unsaturated/α-hetero) is 1. The number of likely N-dealkylation sites (N-methyl/N-ethyl adjacent to an activating group) is 1. The largest absolute Gasteiger partial charge is 0.389 e. The molecule has 3 heterocycles. The van der Waals surface area contributed by atoms with Gasteiger partial charge in [-0.25, -0.2) is 0 Å². The molecule has 3 aliphatic heterocycles. The summed E-state index contributed by atoms with van der Waals surface area (Å²) in [4.78, 5) is 15.7. The molecule has 14 heteroatoms. The van der Waals surface area contributed by atoms with Gasteiger partial charge in [0.1, 0.15) is 23.6 Å². The van der Waals surface area contributed by atoms with Crippen molar-refractivity contribution >= 4 is 5.78 Å². The fourth-order valence-corrected chi connectivity index (χ4v) is 8.54. The third-order valence-electron chi connectivity index (χ3n) is 12.0. The summed E-state index contributed by atoms with van der Waals surface area (Å²) in [6, 6.07) is -0.310. The highest BCUT2D eigenvalue weighted by Crippen LogP contribution is 2.41. The maximum absolute atomic E-state index is 13.8. The van der Waals surface area contributed by atoms with Crippen molar-refractivity contribution < 1.29 is 63.9 Å². The molecule has 3 aliphatic rings. The van der Waals surface area contributed by atoms with Gasteiger partial charge >= 0.3 is 0 Å². The second kappa shape index (κ2) is 17.3. The molecule has 0 aromatic rings. The van der Waals surface area contributed by atoms with Crippen molar-refractivity contribution in [2.45, 2.75) is 185 Å². The molecule has 0 amide bonds. The number of nitrogens with zero attached hydrogens (tertiary/aromatic N) is 1. The highest BCUT2D eigenvalue weighted by Gasteiger charge is 2.53. The number of ether oxygens (including phenoxy) is 6. The lowest BCUT2D eigenvalue weighted by Crippen LogP contribution is -2.61. The first-order chi connectivity index (χ1) is 23.4. The number of hydrogen-bond donors (Lipinski definition) is 6. The van der Waals surface area contributed by atoms with Crippen LogP contribution in [0.2, 0.25) is 0 Å². The molecule has 0 bridgehead atoms. The molecule has 19 unspecified atom stereocenters. The topological polar surface area (TPSA) is 197 Å². The Morgan fingerprint density at radius 3 is 2.02 bits per heavy atom. The van der Waals surface area contributed by atoms with E-state index in [1.54, 1.807) is 48.5 Å². The maximum Gasteiger partial charge on any atom is 0.185 e. The zero-order valence-corrected chi connectivity index (χ0v) is 33.1. The van der Waals surface area contributed by atoms with Crippen molar-refractivity contribution in [2.24, 2.45) is 23.7 Å². The molecular formula is C37H69NO13. The lowest BCUT2D eigenvalue weighted by atomic mass is 9.74. The van der Waals surface area contributed by atoms with Crippen LogP contribution in [0.4, 0.5) is 0 Å². The Bertz CT molecular complexity index is 1120. The van der Waals surface area contributed by atoms with Gasteiger partial charge in [-0.3, -0.25) is 4.79 Å². The zero-order valence-electron chi connectivity index (χ0n) is 33.1. The van der Waals surface area contributed by atoms with Gasteiger partial charge in [-0.05, 0) is 68.0 Å². The average molecular weight is 736 g/mol. The number of rotatable bonds is 7. The van der Waals surface area contributed by atoms with E-state index in [2.05, 4.69) is 0 Å². The van der Waals surface area contributed by atoms with Gasteiger partial charge in [0.15, 0.2) is 18.9 Å². The minimum atomic E-state index is -1.93. The maximum atomic E-state index is 13.8. The third kappa shape index (κ3) is 9.70. The molecule has 0 spiro atoms. The third-order valence-corrected chi connectivity index (χ3v) is 12.0. The highest BCUT2D eigenvalue weighted by atomic mass is 16.7. The van der Waals surface area contributed by atoms with Crippen LogP contribution in [0, 0.1) is 23.7 Å². The normalized spacial score (nSPS) is 51.3. The summed E-state index contributed by atoms with van der Waals surface area (Å²) >= 11 is 0. The monoisotopic (exact) mass is 735 g/mol. The Kier molecular flexibility index (Phi) is 15.1. The number of methoxy groups -OCH3 is 1. The number of aliphatic hydroxyl groups excluding tert-OH is 4. The van der Waals surface area contributed by atoms with E-state index in [-0.39, 0.29) is 37.2 Å². The molecule has 0 aliphatic carbocycles. The average Bonchev–Trinajstić information content (AvgIpc) is 3.05. The predicted molar refractivity (Wildman–Crippen MR) is 187 cm³/mol. The van der Waals surface area contributed by atoms with E-state index in [1.807, 2.05) is 25.9 Å². The summed E-state index contributed by atoms with van der Waals surface area (Å²) in [6.45, 7) is 16.7. The van der Waals surface area contributed by atoms with E-state index < -0.39 is 102 Å². The van der Waals surface area contributed by atoms with Crippen LogP contribution in [0.5, 0.6) is 0 Å². The molecule has 14 nitrogen and oxygen atoms in total. The van der Waals surface area contributed by atoms with Crippen molar-refractivity contribution in [3.05, 3.63) is 0 Å². The van der Waals surface area contributed by atoms with Crippen molar-refractivity contribution in [1.29, 1.82) is 0 Å².